The molecule has 3 rings (SSSR count). The van der Waals surface area contributed by atoms with Gasteiger partial charge in [-0.2, -0.15) is 4.98 Å². The average molecular weight is 464 g/mol. The minimum absolute atomic E-state index is 0.0305. The lowest BCUT2D eigenvalue weighted by Gasteiger charge is -2.36. The van der Waals surface area contributed by atoms with Crippen LogP contribution in [0.15, 0.2) is 53.2 Å². The molecule has 32 heavy (non-hydrogen) atoms. The first kappa shape index (κ1) is 24.0. The van der Waals surface area contributed by atoms with Gasteiger partial charge in [-0.1, -0.05) is 39.0 Å². The van der Waals surface area contributed by atoms with Gasteiger partial charge in [0.25, 0.3) is 5.91 Å². The predicted octanol–water partition coefficient (Wildman–Crippen LogP) is 4.41. The number of carbonyl (C=O) groups excluding carboxylic acids is 1. The summed E-state index contributed by atoms with van der Waals surface area (Å²) in [7, 11) is -2.08. The molecule has 1 aromatic carbocycles. The van der Waals surface area contributed by atoms with Crippen LogP contribution in [-0.2, 0) is 9.16 Å². The van der Waals surface area contributed by atoms with Crippen LogP contribution in [0.4, 0.5) is 14.6 Å². The summed E-state index contributed by atoms with van der Waals surface area (Å²) < 4.78 is 41.5. The smallest absolute Gasteiger partial charge is 0.352 e. The van der Waals surface area contributed by atoms with Gasteiger partial charge in [0.15, 0.2) is 26.2 Å². The molecule has 1 aliphatic heterocycles. The van der Waals surface area contributed by atoms with Crippen LogP contribution in [0.3, 0.4) is 0 Å². The Labute approximate surface area is 186 Å². The molecule has 7 nitrogen and oxygen atoms in total. The molecule has 0 saturated heterocycles. The number of anilines is 1. The van der Waals surface area contributed by atoms with Crippen LogP contribution in [0.2, 0.25) is 18.1 Å². The fourth-order valence-electron chi connectivity index (χ4n) is 2.79. The Hall–Kier alpha value is -2.69. The van der Waals surface area contributed by atoms with Crippen molar-refractivity contribution in [3.8, 4) is 0 Å². The third kappa shape index (κ3) is 5.20. The molecule has 1 amide bonds. The summed E-state index contributed by atoms with van der Waals surface area (Å²) in [4.78, 5) is 28.2. The number of amides is 1. The normalized spacial score (nSPS) is 19.0. The van der Waals surface area contributed by atoms with Crippen molar-refractivity contribution < 1.29 is 22.7 Å². The van der Waals surface area contributed by atoms with Gasteiger partial charge in [-0.25, -0.2) is 13.6 Å². The maximum Gasteiger partial charge on any atom is 0.352 e. The minimum Gasteiger partial charge on any atom is -0.414 e. The molecule has 0 fully saturated rings. The first-order valence-electron chi connectivity index (χ1n) is 10.2. The maximum atomic E-state index is 14.6. The molecule has 172 valence electrons. The van der Waals surface area contributed by atoms with Crippen molar-refractivity contribution in [1.29, 1.82) is 0 Å². The molecule has 0 saturated carbocycles. The largest absolute Gasteiger partial charge is 0.414 e. The van der Waals surface area contributed by atoms with Crippen molar-refractivity contribution in [2.45, 2.75) is 51.2 Å². The molecule has 0 bridgehead atoms. The van der Waals surface area contributed by atoms with E-state index in [0.717, 1.165) is 6.20 Å². The molecular formula is C22H27F2N3O4Si. The van der Waals surface area contributed by atoms with Crippen LogP contribution in [-0.4, -0.2) is 36.5 Å². The number of rotatable bonds is 6. The van der Waals surface area contributed by atoms with E-state index in [-0.39, 0.29) is 17.2 Å². The topological polar surface area (TPSA) is 82.5 Å². The summed E-state index contributed by atoms with van der Waals surface area (Å²) in [6.45, 7) is 10.5. The molecule has 0 spiro atoms. The maximum absolute atomic E-state index is 14.6. The van der Waals surface area contributed by atoms with E-state index in [1.165, 1.54) is 18.2 Å². The number of carbonyl (C=O) groups is 1. The number of aromatic nitrogens is 2. The lowest BCUT2D eigenvalue weighted by atomic mass is 10.2. The van der Waals surface area contributed by atoms with Crippen molar-refractivity contribution in [1.82, 2.24) is 9.55 Å². The van der Waals surface area contributed by atoms with Crippen LogP contribution in [0.25, 0.3) is 0 Å². The lowest BCUT2D eigenvalue weighted by Crippen LogP contribution is -2.42. The van der Waals surface area contributed by atoms with Crippen LogP contribution < -0.4 is 11.0 Å². The molecule has 1 aromatic heterocycles. The SMILES string of the molecule is CC(C)(C)[Si](C)(C)OC[C@H]1C=C(F)[C@@H](n2cc(F)c(NC(=O)c3ccccc3)nc2=O)O1. The summed E-state index contributed by atoms with van der Waals surface area (Å²) in [5.41, 5.74) is -0.690. The molecule has 2 atom stereocenters. The molecule has 0 radical (unpaired) electrons. The van der Waals surface area contributed by atoms with Crippen LogP contribution >= 0.6 is 0 Å². The first-order valence-corrected chi connectivity index (χ1v) is 13.1. The summed E-state index contributed by atoms with van der Waals surface area (Å²) in [6, 6.07) is 8.09. The van der Waals surface area contributed by atoms with E-state index in [2.05, 4.69) is 44.2 Å². The van der Waals surface area contributed by atoms with E-state index < -0.39 is 49.7 Å². The minimum atomic E-state index is -2.08. The number of halogens is 2. The molecular weight excluding hydrogens is 436 g/mol. The Balaban J connectivity index is 1.72. The number of nitrogens with one attached hydrogen (secondary N) is 1. The van der Waals surface area contributed by atoms with Crippen LogP contribution in [0.5, 0.6) is 0 Å². The molecule has 2 aromatic rings. The first-order chi connectivity index (χ1) is 14.9. The number of hydrogen-bond donors (Lipinski definition) is 1. The standard InChI is InChI=1S/C22H27F2N3O4Si/c1-22(2,3)32(4,5)30-13-15-11-16(23)20(31-15)27-12-17(24)18(26-21(27)29)25-19(28)14-9-7-6-8-10-14/h6-12,15,20H,13H2,1-5H3,(H,25,26,28,29)/t15-,20+/m1/s1. The van der Waals surface area contributed by atoms with E-state index in [1.807, 2.05) is 0 Å². The highest BCUT2D eigenvalue weighted by Gasteiger charge is 2.39. The highest BCUT2D eigenvalue weighted by Crippen LogP contribution is 2.37. The zero-order valence-corrected chi connectivity index (χ0v) is 19.7. The zero-order chi connectivity index (χ0) is 23.7. The fraction of sp³-hybridized carbons (Fsp3) is 0.409. The van der Waals surface area contributed by atoms with Crippen LogP contribution in [0.1, 0.15) is 37.4 Å². The molecule has 0 aliphatic carbocycles. The Kier molecular flexibility index (Phi) is 6.77. The van der Waals surface area contributed by atoms with Gasteiger partial charge in [0.05, 0.1) is 12.8 Å². The lowest BCUT2D eigenvalue weighted by molar-refractivity contribution is -0.0195. The Bertz CT molecular complexity index is 1080. The fourth-order valence-corrected chi connectivity index (χ4v) is 3.81. The second kappa shape index (κ2) is 9.05. The van der Waals surface area contributed by atoms with Crippen molar-refractivity contribution in [3.05, 3.63) is 70.3 Å². The van der Waals surface area contributed by atoms with Gasteiger partial charge in [-0.15, -0.1) is 0 Å². The van der Waals surface area contributed by atoms with Gasteiger partial charge in [-0.05, 0) is 36.3 Å². The van der Waals surface area contributed by atoms with Gasteiger partial charge >= 0.3 is 5.69 Å². The highest BCUT2D eigenvalue weighted by atomic mass is 28.4. The monoisotopic (exact) mass is 463 g/mol. The van der Waals surface area contributed by atoms with Crippen molar-refractivity contribution in [3.63, 3.8) is 0 Å². The van der Waals surface area contributed by atoms with Gasteiger partial charge in [0.2, 0.25) is 0 Å². The van der Waals surface area contributed by atoms with Crippen molar-refractivity contribution in [2.75, 3.05) is 11.9 Å². The second-order valence-corrected chi connectivity index (χ2v) is 13.9. The van der Waals surface area contributed by atoms with E-state index in [1.54, 1.807) is 18.2 Å². The van der Waals surface area contributed by atoms with Gasteiger partial charge in [-0.3, -0.25) is 9.36 Å². The summed E-state index contributed by atoms with van der Waals surface area (Å²) in [6.07, 6.45) is -0.184. The van der Waals surface area contributed by atoms with E-state index >= 15 is 0 Å². The molecule has 2 heterocycles. The molecule has 1 N–H and O–H groups in total. The third-order valence-corrected chi connectivity index (χ3v) is 10.2. The van der Waals surface area contributed by atoms with Crippen molar-refractivity contribution in [2.24, 2.45) is 0 Å². The van der Waals surface area contributed by atoms with E-state index in [0.29, 0.717) is 4.57 Å². The van der Waals surface area contributed by atoms with Gasteiger partial charge < -0.3 is 14.5 Å². The highest BCUT2D eigenvalue weighted by molar-refractivity contribution is 6.74. The average Bonchev–Trinajstić information content (AvgIpc) is 3.09. The Morgan fingerprint density at radius 2 is 1.91 bits per heavy atom. The number of ether oxygens (including phenoxy) is 1. The molecule has 10 heteroatoms. The predicted molar refractivity (Wildman–Crippen MR) is 119 cm³/mol. The van der Waals surface area contributed by atoms with Gasteiger partial charge in [0.1, 0.15) is 11.9 Å². The van der Waals surface area contributed by atoms with Crippen LogP contribution in [0, 0.1) is 5.82 Å². The third-order valence-electron chi connectivity index (χ3n) is 5.73. The second-order valence-electron chi connectivity index (χ2n) is 9.10. The Morgan fingerprint density at radius 3 is 2.53 bits per heavy atom. The molecule has 1 aliphatic rings. The number of benzene rings is 1. The number of hydrogen-bond acceptors (Lipinski definition) is 5. The summed E-state index contributed by atoms with van der Waals surface area (Å²) >= 11 is 0. The van der Waals surface area contributed by atoms with Gasteiger partial charge in [0, 0.05) is 5.56 Å². The number of nitrogens with zero attached hydrogens (tertiary/aromatic N) is 2. The molecule has 0 unspecified atom stereocenters. The Morgan fingerprint density at radius 1 is 1.25 bits per heavy atom. The van der Waals surface area contributed by atoms with E-state index in [9.17, 15) is 18.4 Å². The summed E-state index contributed by atoms with van der Waals surface area (Å²) in [5, 5.41) is 2.22. The van der Waals surface area contributed by atoms with Crippen molar-refractivity contribution >= 4 is 20.0 Å². The zero-order valence-electron chi connectivity index (χ0n) is 18.7. The quantitative estimate of drug-likeness (QED) is 0.642. The van der Waals surface area contributed by atoms with E-state index in [4.69, 9.17) is 9.16 Å². The summed E-state index contributed by atoms with van der Waals surface area (Å²) in [5.74, 6) is -2.90.